The molecule has 1 aromatic heterocycles. The Bertz CT molecular complexity index is 1100. The number of hydrogen-bond acceptors (Lipinski definition) is 4. The fourth-order valence-electron chi connectivity index (χ4n) is 3.50. The third kappa shape index (κ3) is 3.96. The quantitative estimate of drug-likeness (QED) is 0.490. The molecule has 1 heterocycles. The van der Waals surface area contributed by atoms with Crippen LogP contribution in [0.3, 0.4) is 0 Å². The maximum atomic E-state index is 5.51. The van der Waals surface area contributed by atoms with Gasteiger partial charge < -0.3 is 14.8 Å². The van der Waals surface area contributed by atoms with E-state index in [9.17, 15) is 0 Å². The fourth-order valence-corrected chi connectivity index (χ4v) is 3.50. The molecule has 0 saturated heterocycles. The zero-order valence-corrected chi connectivity index (χ0v) is 16.9. The first-order chi connectivity index (χ1) is 14.2. The van der Waals surface area contributed by atoms with Crippen LogP contribution < -0.4 is 14.8 Å². The largest absolute Gasteiger partial charge is 0.497 e. The standard InChI is InChI=1S/C24H25N3O2/c1-17(21-14-20(28-2)12-13-24(21)29-3)25-15-18-8-10-19(11-9-18)27-16-26-22-6-4-5-7-23(22)27/h4-14,16-17,25H,15H2,1-3H3/t17-/m1/s1. The highest BCUT2D eigenvalue weighted by Crippen LogP contribution is 2.29. The molecule has 29 heavy (non-hydrogen) atoms. The molecule has 4 rings (SSSR count). The van der Waals surface area contributed by atoms with Gasteiger partial charge in [-0.15, -0.1) is 0 Å². The van der Waals surface area contributed by atoms with Crippen LogP contribution in [0.15, 0.2) is 73.1 Å². The lowest BCUT2D eigenvalue weighted by Gasteiger charge is -2.18. The second-order valence-corrected chi connectivity index (χ2v) is 6.98. The van der Waals surface area contributed by atoms with Crippen molar-refractivity contribution in [1.82, 2.24) is 14.9 Å². The van der Waals surface area contributed by atoms with Crippen LogP contribution in [-0.4, -0.2) is 23.8 Å². The maximum absolute atomic E-state index is 5.51. The monoisotopic (exact) mass is 387 g/mol. The van der Waals surface area contributed by atoms with Crippen molar-refractivity contribution in [2.45, 2.75) is 19.5 Å². The van der Waals surface area contributed by atoms with E-state index < -0.39 is 0 Å². The van der Waals surface area contributed by atoms with Crippen molar-refractivity contribution in [3.05, 3.63) is 84.2 Å². The number of hydrogen-bond donors (Lipinski definition) is 1. The summed E-state index contributed by atoms with van der Waals surface area (Å²) in [6.45, 7) is 2.88. The molecule has 0 amide bonds. The van der Waals surface area contributed by atoms with Gasteiger partial charge in [-0.2, -0.15) is 0 Å². The molecule has 5 heteroatoms. The number of nitrogens with zero attached hydrogens (tertiary/aromatic N) is 2. The molecule has 0 spiro atoms. The molecule has 1 atom stereocenters. The molecule has 5 nitrogen and oxygen atoms in total. The Morgan fingerprint density at radius 1 is 0.966 bits per heavy atom. The van der Waals surface area contributed by atoms with Gasteiger partial charge in [-0.1, -0.05) is 24.3 Å². The molecular weight excluding hydrogens is 362 g/mol. The molecule has 0 aliphatic heterocycles. The molecule has 0 radical (unpaired) electrons. The summed E-state index contributed by atoms with van der Waals surface area (Å²) in [6, 6.07) is 22.7. The first-order valence-electron chi connectivity index (χ1n) is 9.66. The minimum atomic E-state index is 0.123. The average Bonchev–Trinajstić information content (AvgIpc) is 3.21. The normalized spacial score (nSPS) is 12.1. The number of benzene rings is 3. The lowest BCUT2D eigenvalue weighted by atomic mass is 10.1. The first-order valence-corrected chi connectivity index (χ1v) is 9.66. The summed E-state index contributed by atoms with van der Waals surface area (Å²) in [5, 5.41) is 3.57. The third-order valence-electron chi connectivity index (χ3n) is 5.18. The molecule has 0 aliphatic rings. The number of fused-ring (bicyclic) bond motifs is 1. The summed E-state index contributed by atoms with van der Waals surface area (Å²) in [4.78, 5) is 4.47. The van der Waals surface area contributed by atoms with Gasteiger partial charge in [0, 0.05) is 23.8 Å². The van der Waals surface area contributed by atoms with Crippen LogP contribution in [0.2, 0.25) is 0 Å². The number of rotatable bonds is 7. The summed E-state index contributed by atoms with van der Waals surface area (Å²) in [5.41, 5.74) is 5.50. The van der Waals surface area contributed by atoms with Crippen LogP contribution in [0.5, 0.6) is 11.5 Å². The fraction of sp³-hybridized carbons (Fsp3) is 0.208. The minimum Gasteiger partial charge on any atom is -0.497 e. The van der Waals surface area contributed by atoms with Crippen LogP contribution in [0.1, 0.15) is 24.1 Å². The summed E-state index contributed by atoms with van der Waals surface area (Å²) in [6.07, 6.45) is 1.87. The smallest absolute Gasteiger partial charge is 0.123 e. The minimum absolute atomic E-state index is 0.123. The van der Waals surface area contributed by atoms with E-state index in [1.165, 1.54) is 5.56 Å². The number of ether oxygens (including phenoxy) is 2. The molecule has 148 valence electrons. The predicted octanol–water partition coefficient (Wildman–Crippen LogP) is 4.89. The Balaban J connectivity index is 1.47. The van der Waals surface area contributed by atoms with Gasteiger partial charge in [0.05, 0.1) is 25.3 Å². The van der Waals surface area contributed by atoms with E-state index in [-0.39, 0.29) is 6.04 Å². The maximum Gasteiger partial charge on any atom is 0.123 e. The lowest BCUT2D eigenvalue weighted by molar-refractivity contribution is 0.391. The Morgan fingerprint density at radius 3 is 2.52 bits per heavy atom. The van der Waals surface area contributed by atoms with Crippen molar-refractivity contribution in [3.8, 4) is 17.2 Å². The van der Waals surface area contributed by atoms with E-state index in [0.29, 0.717) is 0 Å². The second-order valence-electron chi connectivity index (χ2n) is 6.98. The van der Waals surface area contributed by atoms with Gasteiger partial charge in [0.15, 0.2) is 0 Å². The molecule has 0 bridgehead atoms. The van der Waals surface area contributed by atoms with Gasteiger partial charge in [0.25, 0.3) is 0 Å². The van der Waals surface area contributed by atoms with Crippen LogP contribution in [0, 0.1) is 0 Å². The van der Waals surface area contributed by atoms with Crippen molar-refractivity contribution in [1.29, 1.82) is 0 Å². The van der Waals surface area contributed by atoms with E-state index >= 15 is 0 Å². The van der Waals surface area contributed by atoms with Gasteiger partial charge in [-0.05, 0) is 55.0 Å². The second kappa shape index (κ2) is 8.37. The summed E-state index contributed by atoms with van der Waals surface area (Å²) < 4.78 is 13.0. The topological polar surface area (TPSA) is 48.3 Å². The van der Waals surface area contributed by atoms with Crippen LogP contribution in [0.4, 0.5) is 0 Å². The number of para-hydroxylation sites is 2. The highest BCUT2D eigenvalue weighted by Gasteiger charge is 2.12. The molecule has 1 N–H and O–H groups in total. The van der Waals surface area contributed by atoms with Crippen molar-refractivity contribution >= 4 is 11.0 Å². The number of nitrogens with one attached hydrogen (secondary N) is 1. The summed E-state index contributed by atoms with van der Waals surface area (Å²) in [7, 11) is 3.37. The summed E-state index contributed by atoms with van der Waals surface area (Å²) >= 11 is 0. The first kappa shape index (κ1) is 19.0. The van der Waals surface area contributed by atoms with Crippen LogP contribution in [0.25, 0.3) is 16.7 Å². The number of imidazole rings is 1. The van der Waals surface area contributed by atoms with Gasteiger partial charge in [-0.25, -0.2) is 4.98 Å². The Labute approximate surface area is 170 Å². The van der Waals surface area contributed by atoms with Crippen molar-refractivity contribution < 1.29 is 9.47 Å². The van der Waals surface area contributed by atoms with Crippen molar-refractivity contribution in [3.63, 3.8) is 0 Å². The highest BCUT2D eigenvalue weighted by molar-refractivity contribution is 5.77. The van der Waals surface area contributed by atoms with Gasteiger partial charge >= 0.3 is 0 Å². The number of aromatic nitrogens is 2. The van der Waals surface area contributed by atoms with Crippen LogP contribution in [-0.2, 0) is 6.54 Å². The zero-order chi connectivity index (χ0) is 20.2. The average molecular weight is 387 g/mol. The predicted molar refractivity (Wildman–Crippen MR) is 116 cm³/mol. The highest BCUT2D eigenvalue weighted by atomic mass is 16.5. The van der Waals surface area contributed by atoms with Gasteiger partial charge in [0.1, 0.15) is 17.8 Å². The SMILES string of the molecule is COc1ccc(OC)c([C@@H](C)NCc2ccc(-n3cnc4ccccc43)cc2)c1. The Kier molecular flexibility index (Phi) is 5.49. The van der Waals surface area contributed by atoms with Gasteiger partial charge in [0.2, 0.25) is 0 Å². The van der Waals surface area contributed by atoms with E-state index in [2.05, 4.69) is 52.1 Å². The third-order valence-corrected chi connectivity index (χ3v) is 5.18. The molecule has 4 aromatic rings. The van der Waals surface area contributed by atoms with Crippen molar-refractivity contribution in [2.24, 2.45) is 0 Å². The summed E-state index contributed by atoms with van der Waals surface area (Å²) in [5.74, 6) is 1.68. The molecule has 3 aromatic carbocycles. The number of methoxy groups -OCH3 is 2. The Hall–Kier alpha value is -3.31. The molecular formula is C24H25N3O2. The lowest BCUT2D eigenvalue weighted by Crippen LogP contribution is -2.18. The van der Waals surface area contributed by atoms with Gasteiger partial charge in [-0.3, -0.25) is 4.57 Å². The van der Waals surface area contributed by atoms with E-state index in [1.54, 1.807) is 14.2 Å². The van der Waals surface area contributed by atoms with E-state index in [0.717, 1.165) is 40.3 Å². The van der Waals surface area contributed by atoms with Crippen molar-refractivity contribution in [2.75, 3.05) is 14.2 Å². The molecule has 0 saturated carbocycles. The Morgan fingerprint density at radius 2 is 1.76 bits per heavy atom. The van der Waals surface area contributed by atoms with Crippen LogP contribution >= 0.6 is 0 Å². The molecule has 0 fully saturated rings. The molecule has 0 aliphatic carbocycles. The zero-order valence-electron chi connectivity index (χ0n) is 16.9. The van der Waals surface area contributed by atoms with E-state index in [1.807, 2.05) is 42.7 Å². The molecule has 0 unspecified atom stereocenters. The van der Waals surface area contributed by atoms with E-state index in [4.69, 9.17) is 9.47 Å².